The molecule has 2 aliphatic rings. The summed E-state index contributed by atoms with van der Waals surface area (Å²) >= 11 is 0. The van der Waals surface area contributed by atoms with Gasteiger partial charge in [-0.2, -0.15) is 0 Å². The van der Waals surface area contributed by atoms with E-state index in [1.54, 1.807) is 14.0 Å². The highest BCUT2D eigenvalue weighted by Crippen LogP contribution is 2.29. The SMILES string of the molecule is COc1cc(-c2ccc(N3CCN(C4CC4)CC3)nn2)ccc1CC(C)=O. The fraction of sp³-hybridized carbons (Fsp3) is 0.476. The predicted octanol–water partition coefficient (Wildman–Crippen LogP) is 2.57. The van der Waals surface area contributed by atoms with E-state index in [4.69, 9.17) is 4.74 Å². The molecule has 2 fully saturated rings. The Bertz CT molecular complexity index is 809. The van der Waals surface area contributed by atoms with Gasteiger partial charge in [0.05, 0.1) is 12.8 Å². The standard InChI is InChI=1S/C21H26N4O2/c1-15(26)13-17-4-3-16(14-20(17)27-2)19-7-8-21(23-22-19)25-11-9-24(10-12-25)18-5-6-18/h3-4,7-8,14,18H,5-6,9-13H2,1-2H3. The van der Waals surface area contributed by atoms with E-state index in [9.17, 15) is 4.79 Å². The molecule has 0 amide bonds. The maximum Gasteiger partial charge on any atom is 0.151 e. The van der Waals surface area contributed by atoms with Crippen LogP contribution in [0.4, 0.5) is 5.82 Å². The minimum absolute atomic E-state index is 0.118. The smallest absolute Gasteiger partial charge is 0.151 e. The molecule has 1 saturated heterocycles. The number of aromatic nitrogens is 2. The number of carbonyl (C=O) groups excluding carboxylic acids is 1. The van der Waals surface area contributed by atoms with Crippen LogP contribution in [0, 0.1) is 0 Å². The Morgan fingerprint density at radius 2 is 1.89 bits per heavy atom. The van der Waals surface area contributed by atoms with Crippen molar-refractivity contribution >= 4 is 11.6 Å². The van der Waals surface area contributed by atoms with Crippen LogP contribution < -0.4 is 9.64 Å². The van der Waals surface area contributed by atoms with Gasteiger partial charge in [0.15, 0.2) is 5.82 Å². The number of ether oxygens (including phenoxy) is 1. The Morgan fingerprint density at radius 3 is 2.48 bits per heavy atom. The van der Waals surface area contributed by atoms with E-state index >= 15 is 0 Å². The summed E-state index contributed by atoms with van der Waals surface area (Å²) in [6, 6.07) is 10.7. The molecule has 1 aromatic heterocycles. The van der Waals surface area contributed by atoms with Crippen LogP contribution in [-0.2, 0) is 11.2 Å². The van der Waals surface area contributed by atoms with Crippen LogP contribution >= 0.6 is 0 Å². The van der Waals surface area contributed by atoms with Gasteiger partial charge in [0.25, 0.3) is 0 Å². The van der Waals surface area contributed by atoms with E-state index in [0.29, 0.717) is 12.2 Å². The van der Waals surface area contributed by atoms with E-state index in [0.717, 1.165) is 54.9 Å². The summed E-state index contributed by atoms with van der Waals surface area (Å²) in [5, 5.41) is 8.88. The predicted molar refractivity (Wildman–Crippen MR) is 105 cm³/mol. The third kappa shape index (κ3) is 4.11. The van der Waals surface area contributed by atoms with Gasteiger partial charge in [-0.3, -0.25) is 9.69 Å². The lowest BCUT2D eigenvalue weighted by Crippen LogP contribution is -2.47. The number of anilines is 1. The Kier molecular flexibility index (Phi) is 5.07. The summed E-state index contributed by atoms with van der Waals surface area (Å²) in [4.78, 5) is 16.3. The molecule has 6 nitrogen and oxygen atoms in total. The van der Waals surface area contributed by atoms with Gasteiger partial charge in [-0.15, -0.1) is 10.2 Å². The Labute approximate surface area is 160 Å². The number of piperazine rings is 1. The first-order valence-corrected chi connectivity index (χ1v) is 9.63. The lowest BCUT2D eigenvalue weighted by atomic mass is 10.0. The zero-order valence-corrected chi connectivity index (χ0v) is 16.0. The van der Waals surface area contributed by atoms with Crippen LogP contribution in [0.2, 0.25) is 0 Å². The summed E-state index contributed by atoms with van der Waals surface area (Å²) in [6.45, 7) is 5.84. The molecule has 2 heterocycles. The monoisotopic (exact) mass is 366 g/mol. The molecule has 0 atom stereocenters. The molecule has 6 heteroatoms. The molecule has 0 radical (unpaired) electrons. The molecule has 1 aromatic carbocycles. The van der Waals surface area contributed by atoms with Crippen molar-refractivity contribution in [2.75, 3.05) is 38.2 Å². The third-order valence-corrected chi connectivity index (χ3v) is 5.37. The maximum absolute atomic E-state index is 11.4. The van der Waals surface area contributed by atoms with E-state index in [2.05, 4.69) is 20.0 Å². The minimum atomic E-state index is 0.118. The summed E-state index contributed by atoms with van der Waals surface area (Å²) in [5.74, 6) is 1.77. The first-order valence-electron chi connectivity index (χ1n) is 9.63. The number of carbonyl (C=O) groups is 1. The molecule has 1 saturated carbocycles. The van der Waals surface area contributed by atoms with Gasteiger partial charge < -0.3 is 9.64 Å². The number of Topliss-reactive ketones (excluding diaryl/α,β-unsaturated/α-hetero) is 1. The average Bonchev–Trinajstić information content (AvgIpc) is 3.53. The van der Waals surface area contributed by atoms with E-state index < -0.39 is 0 Å². The molecule has 0 unspecified atom stereocenters. The molecule has 0 bridgehead atoms. The number of rotatable bonds is 6. The molecular weight excluding hydrogens is 340 g/mol. The number of methoxy groups -OCH3 is 1. The number of hydrogen-bond donors (Lipinski definition) is 0. The second-order valence-electron chi connectivity index (χ2n) is 7.44. The molecule has 0 spiro atoms. The van der Waals surface area contributed by atoms with Crippen molar-refractivity contribution in [2.45, 2.75) is 32.2 Å². The highest BCUT2D eigenvalue weighted by molar-refractivity contribution is 5.79. The third-order valence-electron chi connectivity index (χ3n) is 5.37. The van der Waals surface area contributed by atoms with Crippen LogP contribution in [0.5, 0.6) is 5.75 Å². The van der Waals surface area contributed by atoms with Crippen molar-refractivity contribution in [3.63, 3.8) is 0 Å². The molecule has 2 aromatic rings. The average molecular weight is 366 g/mol. The molecule has 0 N–H and O–H groups in total. The van der Waals surface area contributed by atoms with E-state index in [1.807, 2.05) is 30.3 Å². The lowest BCUT2D eigenvalue weighted by Gasteiger charge is -2.35. The quantitative estimate of drug-likeness (QED) is 0.783. The van der Waals surface area contributed by atoms with Crippen molar-refractivity contribution in [2.24, 2.45) is 0 Å². The highest BCUT2D eigenvalue weighted by Gasteiger charge is 2.31. The molecule has 1 aliphatic heterocycles. The molecule has 142 valence electrons. The fourth-order valence-electron chi connectivity index (χ4n) is 3.72. The largest absolute Gasteiger partial charge is 0.496 e. The van der Waals surface area contributed by atoms with E-state index in [-0.39, 0.29) is 5.78 Å². The molecule has 4 rings (SSSR count). The first kappa shape index (κ1) is 17.9. The minimum Gasteiger partial charge on any atom is -0.496 e. The summed E-state index contributed by atoms with van der Waals surface area (Å²) in [7, 11) is 1.62. The van der Waals surface area contributed by atoms with Gasteiger partial charge in [0.1, 0.15) is 11.5 Å². The van der Waals surface area contributed by atoms with Crippen molar-refractivity contribution < 1.29 is 9.53 Å². The van der Waals surface area contributed by atoms with Crippen molar-refractivity contribution in [1.29, 1.82) is 0 Å². The highest BCUT2D eigenvalue weighted by atomic mass is 16.5. The second-order valence-corrected chi connectivity index (χ2v) is 7.44. The normalized spacial score (nSPS) is 17.8. The zero-order chi connectivity index (χ0) is 18.8. The lowest BCUT2D eigenvalue weighted by molar-refractivity contribution is -0.116. The van der Waals surface area contributed by atoms with Crippen molar-refractivity contribution in [1.82, 2.24) is 15.1 Å². The van der Waals surface area contributed by atoms with Gasteiger partial charge in [0.2, 0.25) is 0 Å². The zero-order valence-electron chi connectivity index (χ0n) is 16.0. The molecule has 1 aliphatic carbocycles. The number of ketones is 1. The summed E-state index contributed by atoms with van der Waals surface area (Å²) in [5.41, 5.74) is 2.65. The topological polar surface area (TPSA) is 58.6 Å². The van der Waals surface area contributed by atoms with Gasteiger partial charge >= 0.3 is 0 Å². The maximum atomic E-state index is 11.4. The van der Waals surface area contributed by atoms with E-state index in [1.165, 1.54) is 12.8 Å². The van der Waals surface area contributed by atoms with Crippen LogP contribution in [0.25, 0.3) is 11.3 Å². The van der Waals surface area contributed by atoms with Gasteiger partial charge in [-0.05, 0) is 38.0 Å². The van der Waals surface area contributed by atoms with Crippen molar-refractivity contribution in [3.05, 3.63) is 35.9 Å². The summed E-state index contributed by atoms with van der Waals surface area (Å²) < 4.78 is 5.45. The van der Waals surface area contributed by atoms with Crippen LogP contribution in [0.15, 0.2) is 30.3 Å². The van der Waals surface area contributed by atoms with Crippen LogP contribution in [0.1, 0.15) is 25.3 Å². The Balaban J connectivity index is 1.46. The van der Waals surface area contributed by atoms with Crippen LogP contribution in [-0.4, -0.2) is 60.2 Å². The number of benzene rings is 1. The van der Waals surface area contributed by atoms with Gasteiger partial charge in [-0.1, -0.05) is 12.1 Å². The first-order chi connectivity index (χ1) is 13.1. The Hall–Kier alpha value is -2.47. The van der Waals surface area contributed by atoms with Crippen LogP contribution in [0.3, 0.4) is 0 Å². The van der Waals surface area contributed by atoms with Gasteiger partial charge in [0, 0.05) is 49.8 Å². The molecular formula is C21H26N4O2. The van der Waals surface area contributed by atoms with Crippen molar-refractivity contribution in [3.8, 4) is 17.0 Å². The number of hydrogen-bond acceptors (Lipinski definition) is 6. The molecule has 27 heavy (non-hydrogen) atoms. The number of nitrogens with zero attached hydrogens (tertiary/aromatic N) is 4. The summed E-state index contributed by atoms with van der Waals surface area (Å²) in [6.07, 6.45) is 3.10. The Morgan fingerprint density at radius 1 is 1.11 bits per heavy atom. The fourth-order valence-corrected chi connectivity index (χ4v) is 3.72. The van der Waals surface area contributed by atoms with Gasteiger partial charge in [-0.25, -0.2) is 0 Å². The second kappa shape index (κ2) is 7.64.